The van der Waals surface area contributed by atoms with Crippen molar-refractivity contribution in [2.24, 2.45) is 0 Å². The van der Waals surface area contributed by atoms with Crippen molar-refractivity contribution in [2.45, 2.75) is 13.3 Å². The summed E-state index contributed by atoms with van der Waals surface area (Å²) in [5.41, 5.74) is 2.66. The van der Waals surface area contributed by atoms with Crippen molar-refractivity contribution >= 4 is 5.57 Å². The summed E-state index contributed by atoms with van der Waals surface area (Å²) in [6.45, 7) is 5.04. The largest absolute Gasteiger partial charge is 0.215 e. The summed E-state index contributed by atoms with van der Waals surface area (Å²) < 4.78 is 39.8. The smallest absolute Gasteiger partial charge is 0.131 e. The van der Waals surface area contributed by atoms with Crippen LogP contribution in [0, 0.1) is 12.7 Å². The van der Waals surface area contributed by atoms with Gasteiger partial charge in [-0.3, -0.25) is 0 Å². The molecule has 0 radical (unpaired) electrons. The van der Waals surface area contributed by atoms with Crippen LogP contribution in [0.5, 0.6) is 0 Å². The van der Waals surface area contributed by atoms with Crippen LogP contribution in [-0.2, 0) is 0 Å². The first-order valence-electron chi connectivity index (χ1n) is 6.50. The molecular weight excluding hydrogens is 273 g/mol. The van der Waals surface area contributed by atoms with Crippen molar-refractivity contribution in [2.75, 3.05) is 0 Å². The Kier molecular flexibility index (Phi) is 4.63. The molecule has 0 aromatic heterocycles. The standard InChI is InChI=1S/C18H15F3/c1-12-3-5-14(6-4-12)15-7-8-17(18(21)10-15)16(11-19)9-13(2)20/h3-8,10-11H,2,9H2,1H3/b16-11+. The van der Waals surface area contributed by atoms with E-state index >= 15 is 0 Å². The van der Waals surface area contributed by atoms with E-state index in [9.17, 15) is 13.2 Å². The van der Waals surface area contributed by atoms with Crippen LogP contribution in [0.1, 0.15) is 17.5 Å². The van der Waals surface area contributed by atoms with E-state index in [0.29, 0.717) is 5.56 Å². The number of rotatable bonds is 4. The molecule has 0 bridgehead atoms. The summed E-state index contributed by atoms with van der Waals surface area (Å²) in [5.74, 6) is -1.29. The summed E-state index contributed by atoms with van der Waals surface area (Å²) in [4.78, 5) is 0. The number of aryl methyl sites for hydroxylation is 1. The number of halogens is 3. The van der Waals surface area contributed by atoms with E-state index in [1.165, 1.54) is 12.1 Å². The summed E-state index contributed by atoms with van der Waals surface area (Å²) in [6, 6.07) is 12.1. The zero-order valence-corrected chi connectivity index (χ0v) is 11.7. The maximum atomic E-state index is 14.1. The van der Waals surface area contributed by atoms with Gasteiger partial charge < -0.3 is 0 Å². The summed E-state index contributed by atoms with van der Waals surface area (Å²) in [5, 5.41) is 0. The van der Waals surface area contributed by atoms with Gasteiger partial charge in [-0.1, -0.05) is 48.5 Å². The van der Waals surface area contributed by atoms with Crippen LogP contribution in [-0.4, -0.2) is 0 Å². The lowest BCUT2D eigenvalue weighted by atomic mass is 9.98. The second kappa shape index (κ2) is 6.44. The van der Waals surface area contributed by atoms with E-state index < -0.39 is 11.6 Å². The number of hydrogen-bond donors (Lipinski definition) is 0. The van der Waals surface area contributed by atoms with E-state index in [2.05, 4.69) is 6.58 Å². The minimum Gasteiger partial charge on any atom is -0.215 e. The molecule has 0 heterocycles. The molecule has 2 rings (SSSR count). The highest BCUT2D eigenvalue weighted by Gasteiger charge is 2.11. The number of hydrogen-bond acceptors (Lipinski definition) is 0. The molecule has 0 saturated heterocycles. The average molecular weight is 288 g/mol. The van der Waals surface area contributed by atoms with Crippen LogP contribution in [0.15, 0.2) is 61.2 Å². The molecule has 108 valence electrons. The highest BCUT2D eigenvalue weighted by atomic mass is 19.1. The third-order valence-corrected chi connectivity index (χ3v) is 3.21. The molecule has 2 aromatic carbocycles. The van der Waals surface area contributed by atoms with E-state index in [1.807, 2.05) is 31.2 Å². The summed E-state index contributed by atoms with van der Waals surface area (Å²) in [7, 11) is 0. The van der Waals surface area contributed by atoms with Gasteiger partial charge in [0, 0.05) is 12.0 Å². The minimum absolute atomic E-state index is 0.0483. The Morgan fingerprint density at radius 3 is 2.24 bits per heavy atom. The van der Waals surface area contributed by atoms with E-state index in [0.717, 1.165) is 11.1 Å². The topological polar surface area (TPSA) is 0 Å². The lowest BCUT2D eigenvalue weighted by molar-refractivity contribution is 0.610. The molecule has 0 aliphatic rings. The Balaban J connectivity index is 2.37. The van der Waals surface area contributed by atoms with Gasteiger partial charge in [-0.15, -0.1) is 0 Å². The first-order valence-corrected chi connectivity index (χ1v) is 6.50. The van der Waals surface area contributed by atoms with Gasteiger partial charge in [0.05, 0.1) is 12.2 Å². The molecule has 0 amide bonds. The molecule has 0 saturated carbocycles. The van der Waals surface area contributed by atoms with Gasteiger partial charge in [0.1, 0.15) is 5.82 Å². The van der Waals surface area contributed by atoms with E-state index in [1.54, 1.807) is 6.07 Å². The maximum absolute atomic E-state index is 14.1. The Morgan fingerprint density at radius 1 is 1.10 bits per heavy atom. The van der Waals surface area contributed by atoms with Crippen LogP contribution in [0.4, 0.5) is 13.2 Å². The molecule has 2 aromatic rings. The van der Waals surface area contributed by atoms with Crippen molar-refractivity contribution < 1.29 is 13.2 Å². The molecule has 0 aliphatic carbocycles. The van der Waals surface area contributed by atoms with Crippen LogP contribution in [0.2, 0.25) is 0 Å². The van der Waals surface area contributed by atoms with Crippen molar-refractivity contribution in [3.63, 3.8) is 0 Å². The molecule has 0 atom stereocenters. The SMILES string of the molecule is C=C(F)C/C(=C\F)c1ccc(-c2ccc(C)cc2)cc1F. The first kappa shape index (κ1) is 15.1. The fourth-order valence-electron chi connectivity index (χ4n) is 2.10. The van der Waals surface area contributed by atoms with Crippen molar-refractivity contribution in [3.8, 4) is 11.1 Å². The van der Waals surface area contributed by atoms with Gasteiger partial charge >= 0.3 is 0 Å². The lowest BCUT2D eigenvalue weighted by Crippen LogP contribution is -1.92. The second-order valence-electron chi connectivity index (χ2n) is 4.89. The predicted molar refractivity (Wildman–Crippen MR) is 80.5 cm³/mol. The zero-order chi connectivity index (χ0) is 15.4. The van der Waals surface area contributed by atoms with Gasteiger partial charge in [0.2, 0.25) is 0 Å². The molecule has 0 fully saturated rings. The molecule has 0 aliphatic heterocycles. The summed E-state index contributed by atoms with van der Waals surface area (Å²) in [6.07, 6.45) is -0.119. The highest BCUT2D eigenvalue weighted by Crippen LogP contribution is 2.29. The molecule has 0 unspecified atom stereocenters. The van der Waals surface area contributed by atoms with Gasteiger partial charge in [0.25, 0.3) is 0 Å². The van der Waals surface area contributed by atoms with Gasteiger partial charge in [-0.25, -0.2) is 13.2 Å². The Morgan fingerprint density at radius 2 is 1.71 bits per heavy atom. The van der Waals surface area contributed by atoms with Crippen LogP contribution < -0.4 is 0 Å². The van der Waals surface area contributed by atoms with Gasteiger partial charge in [-0.2, -0.15) is 0 Å². The maximum Gasteiger partial charge on any atom is 0.131 e. The van der Waals surface area contributed by atoms with Gasteiger partial charge in [0.15, 0.2) is 0 Å². The van der Waals surface area contributed by atoms with Crippen LogP contribution >= 0.6 is 0 Å². The fraction of sp³-hybridized carbons (Fsp3) is 0.111. The number of benzene rings is 2. The highest BCUT2D eigenvalue weighted by molar-refractivity contribution is 5.71. The Bertz CT molecular complexity index is 682. The van der Waals surface area contributed by atoms with E-state index in [-0.39, 0.29) is 23.9 Å². The molecule has 0 spiro atoms. The third kappa shape index (κ3) is 3.63. The van der Waals surface area contributed by atoms with Crippen molar-refractivity contribution in [1.29, 1.82) is 0 Å². The minimum atomic E-state index is -0.707. The zero-order valence-electron chi connectivity index (χ0n) is 11.7. The fourth-order valence-corrected chi connectivity index (χ4v) is 2.10. The average Bonchev–Trinajstić information content (AvgIpc) is 2.45. The quantitative estimate of drug-likeness (QED) is 0.648. The van der Waals surface area contributed by atoms with Crippen LogP contribution in [0.25, 0.3) is 16.7 Å². The predicted octanol–water partition coefficient (Wildman–Crippen LogP) is 5.98. The summed E-state index contributed by atoms with van der Waals surface area (Å²) >= 11 is 0. The molecule has 0 N–H and O–H groups in total. The number of allylic oxidation sites excluding steroid dienone is 2. The normalized spacial score (nSPS) is 11.5. The second-order valence-corrected chi connectivity index (χ2v) is 4.89. The monoisotopic (exact) mass is 288 g/mol. The van der Waals surface area contributed by atoms with Crippen molar-refractivity contribution in [1.82, 2.24) is 0 Å². The van der Waals surface area contributed by atoms with Crippen LogP contribution in [0.3, 0.4) is 0 Å². The Labute approximate surface area is 122 Å². The Hall–Kier alpha value is -2.29. The first-order chi connectivity index (χ1) is 10.0. The molecular formula is C18H15F3. The van der Waals surface area contributed by atoms with E-state index in [4.69, 9.17) is 0 Å². The van der Waals surface area contributed by atoms with Crippen molar-refractivity contribution in [3.05, 3.63) is 78.1 Å². The molecule has 0 nitrogen and oxygen atoms in total. The third-order valence-electron chi connectivity index (χ3n) is 3.21. The molecule has 21 heavy (non-hydrogen) atoms. The van der Waals surface area contributed by atoms with Gasteiger partial charge in [-0.05, 0) is 29.7 Å². The lowest BCUT2D eigenvalue weighted by Gasteiger charge is -2.09. The molecule has 3 heteroatoms.